The lowest BCUT2D eigenvalue weighted by Gasteiger charge is -2.29. The van der Waals surface area contributed by atoms with Crippen LogP contribution in [0, 0.1) is 6.92 Å². The van der Waals surface area contributed by atoms with Gasteiger partial charge < -0.3 is 10.2 Å². The molecule has 0 aliphatic carbocycles. The Morgan fingerprint density at radius 2 is 2.16 bits per heavy atom. The predicted molar refractivity (Wildman–Crippen MR) is 102 cm³/mol. The largest absolute Gasteiger partial charge is 0.315 e. The van der Waals surface area contributed by atoms with Gasteiger partial charge in [-0.3, -0.25) is 9.48 Å². The molecule has 2 aliphatic heterocycles. The third kappa shape index (κ3) is 3.58. The number of fused-ring (bicyclic) bond motifs is 1. The van der Waals surface area contributed by atoms with Gasteiger partial charge in [-0.05, 0) is 56.8 Å². The zero-order valence-corrected chi connectivity index (χ0v) is 15.4. The summed E-state index contributed by atoms with van der Waals surface area (Å²) in [6.45, 7) is 4.88. The number of rotatable bonds is 2. The van der Waals surface area contributed by atoms with Crippen molar-refractivity contribution < 1.29 is 4.79 Å². The van der Waals surface area contributed by atoms with Crippen molar-refractivity contribution in [3.63, 3.8) is 0 Å². The van der Waals surface area contributed by atoms with Crippen molar-refractivity contribution in [1.82, 2.24) is 15.1 Å². The predicted octanol–water partition coefficient (Wildman–Crippen LogP) is 3.13. The standard InChI is InChI=1S/C19H24N4O.ClH/c1-14-6-7-18-15(12-14)4-3-10-22(18)19(24)17-8-11-23(21-17)16-5-2-9-20-13-16;/h6-8,11-12,16,20H,2-5,9-10,13H2,1H3;1H. The summed E-state index contributed by atoms with van der Waals surface area (Å²) in [5.41, 5.74) is 4.11. The van der Waals surface area contributed by atoms with E-state index in [2.05, 4.69) is 35.5 Å². The third-order valence-electron chi connectivity index (χ3n) is 5.07. The lowest BCUT2D eigenvalue weighted by atomic mass is 9.99. The summed E-state index contributed by atoms with van der Waals surface area (Å²) in [6, 6.07) is 8.57. The minimum atomic E-state index is 0. The highest BCUT2D eigenvalue weighted by atomic mass is 35.5. The second-order valence-corrected chi connectivity index (χ2v) is 6.87. The van der Waals surface area contributed by atoms with Gasteiger partial charge in [0, 0.05) is 25.0 Å². The van der Waals surface area contributed by atoms with Gasteiger partial charge in [0.25, 0.3) is 5.91 Å². The smallest absolute Gasteiger partial charge is 0.278 e. The van der Waals surface area contributed by atoms with Gasteiger partial charge in [-0.15, -0.1) is 12.4 Å². The molecule has 0 bridgehead atoms. The van der Waals surface area contributed by atoms with Gasteiger partial charge in [0.1, 0.15) is 0 Å². The van der Waals surface area contributed by atoms with Crippen LogP contribution < -0.4 is 10.2 Å². The molecule has 1 aromatic heterocycles. The Kier molecular flexibility index (Phi) is 5.45. The molecule has 134 valence electrons. The van der Waals surface area contributed by atoms with Crippen LogP contribution in [0.1, 0.15) is 46.9 Å². The van der Waals surface area contributed by atoms with Crippen molar-refractivity contribution in [1.29, 1.82) is 0 Å². The van der Waals surface area contributed by atoms with E-state index in [0.29, 0.717) is 11.7 Å². The Morgan fingerprint density at radius 3 is 2.96 bits per heavy atom. The molecule has 5 nitrogen and oxygen atoms in total. The van der Waals surface area contributed by atoms with Crippen LogP contribution in [0.5, 0.6) is 0 Å². The van der Waals surface area contributed by atoms with Gasteiger partial charge in [-0.2, -0.15) is 5.10 Å². The maximum absolute atomic E-state index is 13.0. The van der Waals surface area contributed by atoms with Crippen LogP contribution >= 0.6 is 12.4 Å². The van der Waals surface area contributed by atoms with E-state index in [0.717, 1.165) is 51.0 Å². The summed E-state index contributed by atoms with van der Waals surface area (Å²) < 4.78 is 1.96. The number of carbonyl (C=O) groups is 1. The molecule has 2 aliphatic rings. The van der Waals surface area contributed by atoms with Crippen molar-refractivity contribution in [2.75, 3.05) is 24.5 Å². The average molecular weight is 361 g/mol. The molecule has 4 rings (SSSR count). The van der Waals surface area contributed by atoms with Gasteiger partial charge in [-0.25, -0.2) is 0 Å². The number of halogens is 1. The van der Waals surface area contributed by atoms with Gasteiger partial charge in [-0.1, -0.05) is 17.7 Å². The Labute approximate surface area is 154 Å². The number of carbonyl (C=O) groups excluding carboxylic acids is 1. The molecule has 1 aromatic carbocycles. The summed E-state index contributed by atoms with van der Waals surface area (Å²) in [5.74, 6) is 0.0160. The molecule has 2 aromatic rings. The van der Waals surface area contributed by atoms with Crippen LogP contribution in [-0.4, -0.2) is 35.3 Å². The summed E-state index contributed by atoms with van der Waals surface area (Å²) in [6.07, 6.45) is 6.28. The van der Waals surface area contributed by atoms with Crippen LogP contribution in [-0.2, 0) is 6.42 Å². The third-order valence-corrected chi connectivity index (χ3v) is 5.07. The second-order valence-electron chi connectivity index (χ2n) is 6.87. The van der Waals surface area contributed by atoms with E-state index in [1.54, 1.807) is 0 Å². The summed E-state index contributed by atoms with van der Waals surface area (Å²) in [7, 11) is 0. The molecular weight excluding hydrogens is 336 g/mol. The normalized spacial score (nSPS) is 19.9. The Morgan fingerprint density at radius 1 is 1.28 bits per heavy atom. The molecule has 25 heavy (non-hydrogen) atoms. The molecule has 1 saturated heterocycles. The number of benzene rings is 1. The number of nitrogens with zero attached hydrogens (tertiary/aromatic N) is 3. The van der Waals surface area contributed by atoms with Crippen molar-refractivity contribution in [3.8, 4) is 0 Å². The molecule has 1 N–H and O–H groups in total. The monoisotopic (exact) mass is 360 g/mol. The second kappa shape index (κ2) is 7.58. The van der Waals surface area contributed by atoms with E-state index < -0.39 is 0 Å². The summed E-state index contributed by atoms with van der Waals surface area (Å²) in [5, 5.41) is 7.98. The molecule has 3 heterocycles. The van der Waals surface area contributed by atoms with Crippen molar-refractivity contribution >= 4 is 24.0 Å². The first-order valence-electron chi connectivity index (χ1n) is 8.89. The minimum absolute atomic E-state index is 0. The molecule has 0 spiro atoms. The fraction of sp³-hybridized carbons (Fsp3) is 0.474. The first kappa shape index (κ1) is 18.0. The minimum Gasteiger partial charge on any atom is -0.315 e. The zero-order valence-electron chi connectivity index (χ0n) is 14.6. The molecule has 1 unspecified atom stereocenters. The molecule has 1 fully saturated rings. The summed E-state index contributed by atoms with van der Waals surface area (Å²) >= 11 is 0. The lowest BCUT2D eigenvalue weighted by Crippen LogP contribution is -2.36. The highest BCUT2D eigenvalue weighted by Gasteiger charge is 2.26. The zero-order chi connectivity index (χ0) is 16.5. The van der Waals surface area contributed by atoms with Crippen molar-refractivity contribution in [2.45, 2.75) is 38.6 Å². The molecule has 6 heteroatoms. The van der Waals surface area contributed by atoms with Crippen LogP contribution in [0.25, 0.3) is 0 Å². The SMILES string of the molecule is Cc1ccc2c(c1)CCCN2C(=O)c1ccn(C2CCCNC2)n1.Cl. The maximum Gasteiger partial charge on any atom is 0.278 e. The van der Waals surface area contributed by atoms with Crippen LogP contribution in [0.15, 0.2) is 30.5 Å². The van der Waals surface area contributed by atoms with E-state index in [9.17, 15) is 4.79 Å². The Bertz CT molecular complexity index is 752. The number of nitrogens with one attached hydrogen (secondary N) is 1. The average Bonchev–Trinajstić information content (AvgIpc) is 3.11. The fourth-order valence-corrected chi connectivity index (χ4v) is 3.79. The van der Waals surface area contributed by atoms with E-state index in [4.69, 9.17) is 0 Å². The van der Waals surface area contributed by atoms with E-state index in [1.807, 2.05) is 21.8 Å². The Hall–Kier alpha value is -1.85. The highest BCUT2D eigenvalue weighted by molar-refractivity contribution is 6.05. The van der Waals surface area contributed by atoms with Gasteiger partial charge >= 0.3 is 0 Å². The number of aryl methyl sites for hydroxylation is 2. The van der Waals surface area contributed by atoms with Gasteiger partial charge in [0.2, 0.25) is 0 Å². The molecule has 1 amide bonds. The van der Waals surface area contributed by atoms with E-state index in [-0.39, 0.29) is 18.3 Å². The number of piperidine rings is 1. The highest BCUT2D eigenvalue weighted by Crippen LogP contribution is 2.29. The molecule has 0 radical (unpaired) electrons. The number of amides is 1. The van der Waals surface area contributed by atoms with E-state index in [1.165, 1.54) is 11.1 Å². The van der Waals surface area contributed by atoms with Gasteiger partial charge in [0.05, 0.1) is 6.04 Å². The van der Waals surface area contributed by atoms with Crippen LogP contribution in [0.2, 0.25) is 0 Å². The summed E-state index contributed by atoms with van der Waals surface area (Å²) in [4.78, 5) is 14.9. The molecular formula is C19H25ClN4O. The molecule has 0 saturated carbocycles. The number of anilines is 1. The lowest BCUT2D eigenvalue weighted by molar-refractivity contribution is 0.0979. The maximum atomic E-state index is 13.0. The fourth-order valence-electron chi connectivity index (χ4n) is 3.79. The van der Waals surface area contributed by atoms with E-state index >= 15 is 0 Å². The van der Waals surface area contributed by atoms with Crippen LogP contribution in [0.4, 0.5) is 5.69 Å². The first-order chi connectivity index (χ1) is 11.7. The molecule has 1 atom stereocenters. The number of hydrogen-bond acceptors (Lipinski definition) is 3. The number of hydrogen-bond donors (Lipinski definition) is 1. The quantitative estimate of drug-likeness (QED) is 0.895. The van der Waals surface area contributed by atoms with Gasteiger partial charge in [0.15, 0.2) is 5.69 Å². The Balaban J connectivity index is 0.00000182. The van der Waals surface area contributed by atoms with Crippen molar-refractivity contribution in [2.24, 2.45) is 0 Å². The van der Waals surface area contributed by atoms with Crippen molar-refractivity contribution in [3.05, 3.63) is 47.3 Å². The first-order valence-corrected chi connectivity index (χ1v) is 8.89. The topological polar surface area (TPSA) is 50.2 Å². The number of aromatic nitrogens is 2. The van der Waals surface area contributed by atoms with Crippen LogP contribution in [0.3, 0.4) is 0 Å².